The number of sulfonamides is 1. The molecule has 12 heteroatoms. The smallest absolute Gasteiger partial charge is 0.305 e. The van der Waals surface area contributed by atoms with Crippen molar-refractivity contribution in [3.05, 3.63) is 54.1 Å². The number of fused-ring (bicyclic) bond motifs is 1. The molecule has 1 aromatic heterocycles. The van der Waals surface area contributed by atoms with Crippen LogP contribution in [0.4, 0.5) is 0 Å². The molecule has 1 amide bonds. The number of carboxylic acids is 1. The minimum absolute atomic E-state index is 0.00468. The second-order valence-corrected chi connectivity index (χ2v) is 12.9. The van der Waals surface area contributed by atoms with Gasteiger partial charge in [0.05, 0.1) is 33.3 Å². The van der Waals surface area contributed by atoms with Gasteiger partial charge >= 0.3 is 5.97 Å². The summed E-state index contributed by atoms with van der Waals surface area (Å²) in [6.45, 7) is 5.48. The SMILES string of the molecule is Cc1ccc(S(=O)(=O)N[C@@H](CC(C)C)C(=O)N[C@@H](CC(=O)O)C(=O)CSc2nc3ccccc3s2)cc1. The Bertz CT molecular complexity index is 1340. The molecule has 37 heavy (non-hydrogen) atoms. The summed E-state index contributed by atoms with van der Waals surface area (Å²) >= 11 is 2.58. The van der Waals surface area contributed by atoms with Gasteiger partial charge in [-0.05, 0) is 43.5 Å². The lowest BCUT2D eigenvalue weighted by atomic mass is 10.0. The summed E-state index contributed by atoms with van der Waals surface area (Å²) in [5, 5.41) is 11.8. The van der Waals surface area contributed by atoms with Crippen LogP contribution in [-0.4, -0.2) is 54.0 Å². The highest BCUT2D eigenvalue weighted by Gasteiger charge is 2.31. The van der Waals surface area contributed by atoms with Crippen molar-refractivity contribution in [3.8, 4) is 0 Å². The number of ketones is 1. The first-order chi connectivity index (χ1) is 17.4. The predicted molar refractivity (Wildman–Crippen MR) is 144 cm³/mol. The maximum Gasteiger partial charge on any atom is 0.305 e. The molecule has 2 atom stereocenters. The third-order valence-corrected chi connectivity index (χ3v) is 9.04. The van der Waals surface area contributed by atoms with E-state index < -0.39 is 46.2 Å². The van der Waals surface area contributed by atoms with E-state index in [1.54, 1.807) is 12.1 Å². The van der Waals surface area contributed by atoms with Gasteiger partial charge < -0.3 is 10.4 Å². The normalized spacial score (nSPS) is 13.4. The number of Topliss-reactive ketones (excluding diaryl/α,β-unsaturated/α-hetero) is 1. The number of benzene rings is 2. The summed E-state index contributed by atoms with van der Waals surface area (Å²) < 4.78 is 29.9. The van der Waals surface area contributed by atoms with Gasteiger partial charge in [-0.2, -0.15) is 4.72 Å². The number of amides is 1. The third kappa shape index (κ3) is 8.35. The lowest BCUT2D eigenvalue weighted by Gasteiger charge is -2.23. The van der Waals surface area contributed by atoms with E-state index in [-0.39, 0.29) is 23.0 Å². The number of aromatic nitrogens is 1. The van der Waals surface area contributed by atoms with E-state index >= 15 is 0 Å². The summed E-state index contributed by atoms with van der Waals surface area (Å²) in [6.07, 6.45) is -0.463. The molecule has 0 saturated heterocycles. The van der Waals surface area contributed by atoms with Gasteiger partial charge in [0.2, 0.25) is 15.9 Å². The van der Waals surface area contributed by atoms with E-state index in [9.17, 15) is 27.9 Å². The quantitative estimate of drug-likeness (QED) is 0.268. The monoisotopic (exact) mass is 563 g/mol. The Labute approximate surface area is 224 Å². The number of thioether (sulfide) groups is 1. The van der Waals surface area contributed by atoms with Gasteiger partial charge in [-0.25, -0.2) is 13.4 Å². The largest absolute Gasteiger partial charge is 0.481 e. The molecule has 9 nitrogen and oxygen atoms in total. The van der Waals surface area contributed by atoms with E-state index in [2.05, 4.69) is 15.0 Å². The van der Waals surface area contributed by atoms with Crippen LogP contribution >= 0.6 is 23.1 Å². The Hall–Kier alpha value is -2.80. The van der Waals surface area contributed by atoms with Gasteiger partial charge in [-0.3, -0.25) is 14.4 Å². The second kappa shape index (κ2) is 12.6. The van der Waals surface area contributed by atoms with Crippen LogP contribution in [0.15, 0.2) is 57.8 Å². The van der Waals surface area contributed by atoms with Crippen LogP contribution in [0, 0.1) is 12.8 Å². The van der Waals surface area contributed by atoms with Crippen molar-refractivity contribution >= 4 is 61.0 Å². The van der Waals surface area contributed by atoms with Crippen molar-refractivity contribution in [1.82, 2.24) is 15.0 Å². The molecule has 0 unspecified atom stereocenters. The summed E-state index contributed by atoms with van der Waals surface area (Å²) in [4.78, 5) is 42.0. The van der Waals surface area contributed by atoms with Crippen LogP contribution < -0.4 is 10.0 Å². The van der Waals surface area contributed by atoms with Gasteiger partial charge in [-0.1, -0.05) is 55.4 Å². The first-order valence-corrected chi connectivity index (χ1v) is 14.9. The molecule has 2 aromatic carbocycles. The molecule has 0 bridgehead atoms. The molecule has 0 saturated carbocycles. The van der Waals surface area contributed by atoms with Crippen molar-refractivity contribution < 1.29 is 27.9 Å². The number of nitrogens with one attached hydrogen (secondary N) is 2. The Kier molecular flexibility index (Phi) is 9.82. The van der Waals surface area contributed by atoms with Crippen LogP contribution in [0.5, 0.6) is 0 Å². The zero-order valence-corrected chi connectivity index (χ0v) is 23.1. The molecule has 0 radical (unpaired) electrons. The summed E-state index contributed by atoms with van der Waals surface area (Å²) in [5.41, 5.74) is 1.68. The number of hydrogen-bond donors (Lipinski definition) is 3. The number of para-hydroxylation sites is 1. The Morgan fingerprint density at radius 1 is 1.05 bits per heavy atom. The van der Waals surface area contributed by atoms with Gasteiger partial charge in [0, 0.05) is 0 Å². The number of aryl methyl sites for hydroxylation is 1. The van der Waals surface area contributed by atoms with E-state index in [0.29, 0.717) is 4.34 Å². The van der Waals surface area contributed by atoms with E-state index in [0.717, 1.165) is 15.8 Å². The van der Waals surface area contributed by atoms with Gasteiger partial charge in [0.1, 0.15) is 6.04 Å². The highest BCUT2D eigenvalue weighted by atomic mass is 32.2. The van der Waals surface area contributed by atoms with Crippen LogP contribution in [0.1, 0.15) is 32.3 Å². The topological polar surface area (TPSA) is 143 Å². The molecule has 0 spiro atoms. The van der Waals surface area contributed by atoms with Crippen LogP contribution in [0.3, 0.4) is 0 Å². The standard InChI is InChI=1S/C25H29N3O6S3/c1-15(2)12-20(28-37(33,34)17-10-8-16(3)9-11-17)24(32)26-19(13-23(30)31)21(29)14-35-25-27-18-6-4-5-7-22(18)36-25/h4-11,15,19-20,28H,12-14H2,1-3H3,(H,26,32)(H,30,31)/t19-,20-/m0/s1. The van der Waals surface area contributed by atoms with Crippen molar-refractivity contribution in [3.63, 3.8) is 0 Å². The van der Waals surface area contributed by atoms with Crippen molar-refractivity contribution in [2.75, 3.05) is 5.75 Å². The molecule has 3 N–H and O–H groups in total. The molecular formula is C25H29N3O6S3. The van der Waals surface area contributed by atoms with Crippen molar-refractivity contribution in [2.45, 2.75) is 54.9 Å². The highest BCUT2D eigenvalue weighted by Crippen LogP contribution is 2.29. The second-order valence-electron chi connectivity index (χ2n) is 8.98. The minimum Gasteiger partial charge on any atom is -0.481 e. The molecule has 0 aliphatic rings. The molecule has 1 heterocycles. The van der Waals surface area contributed by atoms with E-state index in [1.165, 1.54) is 35.2 Å². The van der Waals surface area contributed by atoms with E-state index in [4.69, 9.17) is 0 Å². The average Bonchev–Trinajstić information content (AvgIpc) is 3.24. The Balaban J connectivity index is 1.72. The fourth-order valence-corrected chi connectivity index (χ4v) is 6.71. The number of carbonyl (C=O) groups excluding carboxylic acids is 2. The Morgan fingerprint density at radius 2 is 1.73 bits per heavy atom. The number of nitrogens with zero attached hydrogens (tertiary/aromatic N) is 1. The molecule has 3 aromatic rings. The molecule has 0 aliphatic heterocycles. The number of rotatable bonds is 13. The van der Waals surface area contributed by atoms with Gasteiger partial charge in [0.25, 0.3) is 0 Å². The number of carboxylic acid groups (broad SMARTS) is 1. The predicted octanol–water partition coefficient (Wildman–Crippen LogP) is 3.62. The maximum atomic E-state index is 13.1. The first kappa shape index (κ1) is 28.8. The van der Waals surface area contributed by atoms with Crippen molar-refractivity contribution in [1.29, 1.82) is 0 Å². The van der Waals surface area contributed by atoms with Crippen LogP contribution in [0.25, 0.3) is 10.2 Å². The third-order valence-electron chi connectivity index (χ3n) is 5.35. The van der Waals surface area contributed by atoms with Gasteiger partial charge in [-0.15, -0.1) is 11.3 Å². The van der Waals surface area contributed by atoms with Crippen molar-refractivity contribution in [2.24, 2.45) is 5.92 Å². The summed E-state index contributed by atoms with van der Waals surface area (Å²) in [5.74, 6) is -2.66. The Morgan fingerprint density at radius 3 is 2.35 bits per heavy atom. The fourth-order valence-electron chi connectivity index (χ4n) is 3.49. The molecule has 0 fully saturated rings. The maximum absolute atomic E-state index is 13.1. The zero-order chi connectivity index (χ0) is 27.2. The lowest BCUT2D eigenvalue weighted by Crippen LogP contribution is -2.52. The van der Waals surface area contributed by atoms with Gasteiger partial charge in [0.15, 0.2) is 10.1 Å². The lowest BCUT2D eigenvalue weighted by molar-refractivity contribution is -0.140. The summed E-state index contributed by atoms with van der Waals surface area (Å²) in [6, 6.07) is 11.2. The average molecular weight is 564 g/mol. The highest BCUT2D eigenvalue weighted by molar-refractivity contribution is 8.01. The molecular weight excluding hydrogens is 534 g/mol. The fraction of sp³-hybridized carbons (Fsp3) is 0.360. The molecule has 198 valence electrons. The molecule has 0 aliphatic carbocycles. The van der Waals surface area contributed by atoms with Crippen LogP contribution in [0.2, 0.25) is 0 Å². The number of hydrogen-bond acceptors (Lipinski definition) is 8. The molecule has 3 rings (SSSR count). The summed E-state index contributed by atoms with van der Waals surface area (Å²) in [7, 11) is -4.03. The number of aliphatic carboxylic acids is 1. The number of carbonyl (C=O) groups is 3. The van der Waals surface area contributed by atoms with Crippen LogP contribution in [-0.2, 0) is 24.4 Å². The first-order valence-electron chi connectivity index (χ1n) is 11.6. The zero-order valence-electron chi connectivity index (χ0n) is 20.6. The minimum atomic E-state index is -4.03. The van der Waals surface area contributed by atoms with E-state index in [1.807, 2.05) is 45.0 Å². The number of thiazole rings is 1.